The third-order valence-corrected chi connectivity index (χ3v) is 2.96. The van der Waals surface area contributed by atoms with Crippen LogP contribution in [0, 0.1) is 20.2 Å². The zero-order valence-corrected chi connectivity index (χ0v) is 11.9. The fourth-order valence-electron chi connectivity index (χ4n) is 1.84. The van der Waals surface area contributed by atoms with Crippen molar-refractivity contribution in [2.45, 2.75) is 0 Å². The van der Waals surface area contributed by atoms with Crippen LogP contribution < -0.4 is 10.2 Å². The Balaban J connectivity index is 2.25. The van der Waals surface area contributed by atoms with E-state index in [1.807, 2.05) is 0 Å². The van der Waals surface area contributed by atoms with Gasteiger partial charge in [0, 0.05) is 18.2 Å². The van der Waals surface area contributed by atoms with E-state index in [-0.39, 0.29) is 22.7 Å². The molecular formula is C14H9N4O6. The van der Waals surface area contributed by atoms with E-state index in [0.29, 0.717) is 4.90 Å². The molecule has 0 aromatic heterocycles. The van der Waals surface area contributed by atoms with Crippen LogP contribution in [-0.4, -0.2) is 22.3 Å². The maximum atomic E-state index is 12.1. The molecule has 3 amide bonds. The number of benzene rings is 2. The molecule has 0 saturated heterocycles. The molecule has 1 N–H and O–H groups in total. The normalized spacial score (nSPS) is 9.83. The van der Waals surface area contributed by atoms with Crippen molar-refractivity contribution in [3.8, 4) is 0 Å². The van der Waals surface area contributed by atoms with Gasteiger partial charge in [0.1, 0.15) is 5.69 Å². The smallest absolute Gasteiger partial charge is 0.301 e. The second-order valence-corrected chi connectivity index (χ2v) is 4.40. The minimum atomic E-state index is -0.992. The summed E-state index contributed by atoms with van der Waals surface area (Å²) in [5.74, 6) is 0. The Morgan fingerprint density at radius 3 is 2.17 bits per heavy atom. The van der Waals surface area contributed by atoms with Crippen LogP contribution in [0.15, 0.2) is 48.5 Å². The van der Waals surface area contributed by atoms with Gasteiger partial charge in [0.05, 0.1) is 15.5 Å². The summed E-state index contributed by atoms with van der Waals surface area (Å²) in [4.78, 5) is 43.9. The largest absolute Gasteiger partial charge is 0.333 e. The van der Waals surface area contributed by atoms with Crippen molar-refractivity contribution >= 4 is 35.2 Å². The van der Waals surface area contributed by atoms with Gasteiger partial charge in [0.2, 0.25) is 0 Å². The molecule has 10 nitrogen and oxygen atoms in total. The molecule has 2 rings (SSSR count). The first-order valence-electron chi connectivity index (χ1n) is 6.41. The van der Waals surface area contributed by atoms with Crippen LogP contribution in [0.1, 0.15) is 0 Å². The molecule has 2 aromatic carbocycles. The third-order valence-electron chi connectivity index (χ3n) is 2.96. The van der Waals surface area contributed by atoms with E-state index in [1.165, 1.54) is 42.8 Å². The molecular weight excluding hydrogens is 320 g/mol. The van der Waals surface area contributed by atoms with Crippen LogP contribution in [0.3, 0.4) is 0 Å². The first kappa shape index (κ1) is 16.5. The van der Waals surface area contributed by atoms with Crippen LogP contribution >= 0.6 is 0 Å². The molecule has 0 saturated carbocycles. The van der Waals surface area contributed by atoms with E-state index in [1.54, 1.807) is 0 Å². The molecule has 0 heterocycles. The zero-order valence-electron chi connectivity index (χ0n) is 11.9. The number of imide groups is 1. The highest BCUT2D eigenvalue weighted by molar-refractivity contribution is 6.12. The summed E-state index contributed by atoms with van der Waals surface area (Å²) in [5.41, 5.74) is -0.648. The summed E-state index contributed by atoms with van der Waals surface area (Å²) in [6, 6.07) is 8.98. The minimum Gasteiger partial charge on any atom is -0.301 e. The average molecular weight is 329 g/mol. The summed E-state index contributed by atoms with van der Waals surface area (Å²) in [6.45, 7) is 0. The average Bonchev–Trinajstić information content (AvgIpc) is 2.56. The van der Waals surface area contributed by atoms with E-state index < -0.39 is 15.9 Å². The van der Waals surface area contributed by atoms with E-state index in [0.717, 1.165) is 12.1 Å². The molecule has 0 spiro atoms. The topological polar surface area (TPSA) is 136 Å². The van der Waals surface area contributed by atoms with E-state index in [4.69, 9.17) is 0 Å². The van der Waals surface area contributed by atoms with Gasteiger partial charge in [-0.3, -0.25) is 25.0 Å². The van der Waals surface area contributed by atoms with Crippen molar-refractivity contribution in [2.75, 3.05) is 10.2 Å². The lowest BCUT2D eigenvalue weighted by Crippen LogP contribution is -2.33. The number of nitrogens with zero attached hydrogens (tertiary/aromatic N) is 3. The SMILES string of the molecule is O=[C]N(C(=O)Nc1ccccc1[N+](=O)[O-])c1ccc([N+](=O)[O-])cc1. The fraction of sp³-hybridized carbons (Fsp3) is 0. The molecule has 0 fully saturated rings. The maximum Gasteiger partial charge on any atom is 0.333 e. The molecule has 24 heavy (non-hydrogen) atoms. The number of carbonyl (C=O) groups excluding carboxylic acids is 2. The van der Waals surface area contributed by atoms with Crippen LogP contribution in [0.2, 0.25) is 0 Å². The van der Waals surface area contributed by atoms with Crippen LogP contribution in [-0.2, 0) is 4.79 Å². The summed E-state index contributed by atoms with van der Waals surface area (Å²) < 4.78 is 0. The number of hydrogen-bond donors (Lipinski definition) is 1. The Kier molecular flexibility index (Phi) is 4.80. The number of amides is 3. The number of urea groups is 1. The lowest BCUT2D eigenvalue weighted by Gasteiger charge is -2.15. The maximum absolute atomic E-state index is 12.1. The van der Waals surface area contributed by atoms with E-state index in [9.17, 15) is 29.8 Å². The second-order valence-electron chi connectivity index (χ2n) is 4.40. The lowest BCUT2D eigenvalue weighted by atomic mass is 10.2. The van der Waals surface area contributed by atoms with Crippen molar-refractivity contribution in [3.05, 3.63) is 68.8 Å². The molecule has 1 radical (unpaired) electrons. The van der Waals surface area contributed by atoms with Crippen molar-refractivity contribution in [3.63, 3.8) is 0 Å². The van der Waals surface area contributed by atoms with Crippen LogP contribution in [0.4, 0.5) is 27.5 Å². The van der Waals surface area contributed by atoms with Gasteiger partial charge in [-0.1, -0.05) is 12.1 Å². The van der Waals surface area contributed by atoms with Crippen molar-refractivity contribution < 1.29 is 19.4 Å². The van der Waals surface area contributed by atoms with Gasteiger partial charge < -0.3 is 5.32 Å². The first-order valence-corrected chi connectivity index (χ1v) is 6.41. The molecule has 0 aliphatic rings. The van der Waals surface area contributed by atoms with Crippen molar-refractivity contribution in [1.29, 1.82) is 0 Å². The number of para-hydroxylation sites is 2. The second kappa shape index (κ2) is 6.96. The highest BCUT2D eigenvalue weighted by Gasteiger charge is 2.21. The lowest BCUT2D eigenvalue weighted by molar-refractivity contribution is -0.384. The number of nitro benzene ring substituents is 2. The van der Waals surface area contributed by atoms with Gasteiger partial charge in [-0.2, -0.15) is 0 Å². The Hall–Kier alpha value is -3.82. The van der Waals surface area contributed by atoms with Crippen molar-refractivity contribution in [2.24, 2.45) is 0 Å². The number of nitro groups is 2. The minimum absolute atomic E-state index is 0.0201. The van der Waals surface area contributed by atoms with Gasteiger partial charge in [0.15, 0.2) is 0 Å². The highest BCUT2D eigenvalue weighted by Crippen LogP contribution is 2.25. The first-order chi connectivity index (χ1) is 11.4. The van der Waals surface area contributed by atoms with Gasteiger partial charge in [-0.25, -0.2) is 9.69 Å². The quantitative estimate of drug-likeness (QED) is 0.508. The predicted octanol–water partition coefficient (Wildman–Crippen LogP) is 2.61. The predicted molar refractivity (Wildman–Crippen MR) is 83.4 cm³/mol. The molecule has 0 bridgehead atoms. The zero-order chi connectivity index (χ0) is 17.7. The highest BCUT2D eigenvalue weighted by atomic mass is 16.6. The van der Waals surface area contributed by atoms with E-state index in [2.05, 4.69) is 5.32 Å². The van der Waals surface area contributed by atoms with E-state index >= 15 is 0 Å². The van der Waals surface area contributed by atoms with Crippen molar-refractivity contribution in [1.82, 2.24) is 0 Å². The van der Waals surface area contributed by atoms with Crippen LogP contribution in [0.5, 0.6) is 0 Å². The summed E-state index contributed by atoms with van der Waals surface area (Å²) in [5, 5.41) is 23.7. The molecule has 10 heteroatoms. The number of non-ortho nitro benzene ring substituents is 1. The number of hydrogen-bond acceptors (Lipinski definition) is 6. The summed E-state index contributed by atoms with van der Waals surface area (Å²) >= 11 is 0. The molecule has 121 valence electrons. The van der Waals surface area contributed by atoms with Crippen LogP contribution in [0.25, 0.3) is 0 Å². The third kappa shape index (κ3) is 3.50. The number of anilines is 2. The Labute approximate surface area is 134 Å². The van der Waals surface area contributed by atoms with Gasteiger partial charge in [0.25, 0.3) is 11.4 Å². The fourth-order valence-corrected chi connectivity index (χ4v) is 1.84. The Bertz CT molecular complexity index is 805. The Morgan fingerprint density at radius 1 is 1.00 bits per heavy atom. The molecule has 0 atom stereocenters. The molecule has 2 aromatic rings. The summed E-state index contributed by atoms with van der Waals surface area (Å²) in [7, 11) is 0. The number of carbonyl (C=O) groups is 1. The van der Waals surface area contributed by atoms with Gasteiger partial charge in [-0.15, -0.1) is 0 Å². The monoisotopic (exact) mass is 329 g/mol. The molecule has 0 aliphatic carbocycles. The Morgan fingerprint density at radius 2 is 1.62 bits per heavy atom. The van der Waals surface area contributed by atoms with Gasteiger partial charge in [-0.05, 0) is 18.2 Å². The standard InChI is InChI=1S/C14H9N4O6/c19-9-16(10-5-7-11(8-6-10)17(21)22)14(20)15-12-3-1-2-4-13(12)18(23)24/h1-8H,(H,15,20). The molecule has 0 aliphatic heterocycles. The summed E-state index contributed by atoms with van der Waals surface area (Å²) in [6.07, 6.45) is 1.37. The number of rotatable bonds is 5. The van der Waals surface area contributed by atoms with Gasteiger partial charge >= 0.3 is 12.4 Å². The number of nitrogens with one attached hydrogen (secondary N) is 1. The molecule has 0 unspecified atom stereocenters.